The van der Waals surface area contributed by atoms with Crippen molar-refractivity contribution in [1.29, 1.82) is 0 Å². The molecule has 41 heavy (non-hydrogen) atoms. The molecular weight excluding hydrogens is 550 g/mol. The second kappa shape index (κ2) is 16.9. The minimum absolute atomic E-state index is 0.00189. The molecule has 2 rings (SSSR count). The average molecular weight is 588 g/mol. The molecule has 0 radical (unpaired) electrons. The third-order valence-corrected chi connectivity index (χ3v) is 6.83. The first-order chi connectivity index (χ1) is 19.5. The summed E-state index contributed by atoms with van der Waals surface area (Å²) in [6.07, 6.45) is 1.96. The van der Waals surface area contributed by atoms with Crippen LogP contribution in [0.3, 0.4) is 0 Å². The number of hydrogen-bond donors (Lipinski definition) is 7. The number of phenols is 1. The van der Waals surface area contributed by atoms with Crippen LogP contribution in [0, 0.1) is 0 Å². The van der Waals surface area contributed by atoms with E-state index in [1.807, 2.05) is 6.26 Å². The van der Waals surface area contributed by atoms with Crippen LogP contribution in [-0.4, -0.2) is 76.0 Å². The van der Waals surface area contributed by atoms with E-state index in [2.05, 4.69) is 16.0 Å². The molecule has 2 aromatic carbocycles. The number of aliphatic carboxylic acids is 1. The van der Waals surface area contributed by atoms with Gasteiger partial charge >= 0.3 is 5.97 Å². The molecule has 4 unspecified atom stereocenters. The van der Waals surface area contributed by atoms with Crippen LogP contribution in [0.4, 0.5) is 0 Å². The molecule has 13 heteroatoms. The van der Waals surface area contributed by atoms with E-state index in [4.69, 9.17) is 11.5 Å². The van der Waals surface area contributed by atoms with Crippen LogP contribution in [0.25, 0.3) is 0 Å². The second-order valence-electron chi connectivity index (χ2n) is 9.48. The van der Waals surface area contributed by atoms with Crippen LogP contribution in [0.15, 0.2) is 54.6 Å². The van der Waals surface area contributed by atoms with Gasteiger partial charge in [-0.2, -0.15) is 11.8 Å². The first-order valence-corrected chi connectivity index (χ1v) is 14.4. The van der Waals surface area contributed by atoms with Crippen molar-refractivity contribution in [3.05, 3.63) is 65.7 Å². The quantitative estimate of drug-likeness (QED) is 0.133. The third kappa shape index (κ3) is 11.9. The number of carboxylic acid groups (broad SMARTS) is 1. The Hall–Kier alpha value is -4.10. The predicted molar refractivity (Wildman–Crippen MR) is 155 cm³/mol. The number of carbonyl (C=O) groups is 5. The van der Waals surface area contributed by atoms with Crippen molar-refractivity contribution in [3.8, 4) is 5.75 Å². The zero-order valence-electron chi connectivity index (χ0n) is 22.7. The summed E-state index contributed by atoms with van der Waals surface area (Å²) in [4.78, 5) is 62.4. The summed E-state index contributed by atoms with van der Waals surface area (Å²) in [6, 6.07) is 10.2. The van der Waals surface area contributed by atoms with E-state index < -0.39 is 53.8 Å². The van der Waals surface area contributed by atoms with Gasteiger partial charge in [0.15, 0.2) is 0 Å². The highest BCUT2D eigenvalue weighted by molar-refractivity contribution is 7.98. The van der Waals surface area contributed by atoms with E-state index >= 15 is 0 Å². The fraction of sp³-hybridized carbons (Fsp3) is 0.393. The van der Waals surface area contributed by atoms with E-state index in [1.54, 1.807) is 42.5 Å². The van der Waals surface area contributed by atoms with Gasteiger partial charge in [-0.05, 0) is 48.1 Å². The molecule has 0 aromatic heterocycles. The van der Waals surface area contributed by atoms with Gasteiger partial charge in [0.2, 0.25) is 23.6 Å². The monoisotopic (exact) mass is 587 g/mol. The number of phenolic OH excluding ortho intramolecular Hbond substituents is 1. The molecule has 4 atom stereocenters. The molecule has 0 fully saturated rings. The summed E-state index contributed by atoms with van der Waals surface area (Å²) in [7, 11) is 0. The fourth-order valence-electron chi connectivity index (χ4n) is 3.88. The van der Waals surface area contributed by atoms with Crippen LogP contribution in [0.5, 0.6) is 5.75 Å². The summed E-state index contributed by atoms with van der Waals surface area (Å²) in [6.45, 7) is 0. The standard InChI is InChI=1S/C28H37N5O7S/c1-41-14-13-21(31-25(36)20(29)11-12-24(30)35)26(37)32-22(15-18-7-9-19(34)10-8-18)27(38)33-23(28(39)40)16-17-5-3-2-4-6-17/h2-10,20-23,34H,11-16,29H2,1H3,(H2,30,35)(H,31,36)(H,32,37)(H,33,38)(H,39,40). The molecule has 0 saturated carbocycles. The Morgan fingerprint density at radius 2 is 1.32 bits per heavy atom. The van der Waals surface area contributed by atoms with Gasteiger partial charge in [0, 0.05) is 19.3 Å². The molecule has 12 nitrogen and oxygen atoms in total. The molecule has 0 spiro atoms. The molecule has 222 valence electrons. The predicted octanol–water partition coefficient (Wildman–Crippen LogP) is 0.0623. The Morgan fingerprint density at radius 3 is 1.90 bits per heavy atom. The lowest BCUT2D eigenvalue weighted by molar-refractivity contribution is -0.142. The lowest BCUT2D eigenvalue weighted by atomic mass is 10.0. The molecule has 0 aliphatic rings. The molecule has 0 saturated heterocycles. The van der Waals surface area contributed by atoms with Crippen molar-refractivity contribution in [2.24, 2.45) is 11.5 Å². The van der Waals surface area contributed by atoms with Gasteiger partial charge in [-0.3, -0.25) is 19.2 Å². The van der Waals surface area contributed by atoms with Gasteiger partial charge in [0.05, 0.1) is 6.04 Å². The minimum atomic E-state index is -1.26. The van der Waals surface area contributed by atoms with Gasteiger partial charge in [-0.15, -0.1) is 0 Å². The number of benzene rings is 2. The maximum absolute atomic E-state index is 13.4. The zero-order valence-corrected chi connectivity index (χ0v) is 23.6. The molecule has 9 N–H and O–H groups in total. The van der Waals surface area contributed by atoms with Crippen molar-refractivity contribution < 1.29 is 34.2 Å². The minimum Gasteiger partial charge on any atom is -0.508 e. The number of rotatable bonds is 17. The number of amides is 4. The molecule has 4 amide bonds. The van der Waals surface area contributed by atoms with E-state index in [1.165, 1.54) is 23.9 Å². The number of nitrogens with two attached hydrogens (primary N) is 2. The maximum atomic E-state index is 13.4. The zero-order chi connectivity index (χ0) is 30.4. The first kappa shape index (κ1) is 33.1. The SMILES string of the molecule is CSCCC(NC(=O)C(N)CCC(N)=O)C(=O)NC(Cc1ccc(O)cc1)C(=O)NC(Cc1ccccc1)C(=O)O. The molecule has 2 aromatic rings. The van der Waals surface area contributed by atoms with Crippen LogP contribution in [0.1, 0.15) is 30.4 Å². The van der Waals surface area contributed by atoms with Gasteiger partial charge in [0.25, 0.3) is 0 Å². The van der Waals surface area contributed by atoms with Crippen molar-refractivity contribution in [2.45, 2.75) is 56.3 Å². The van der Waals surface area contributed by atoms with E-state index in [-0.39, 0.29) is 37.9 Å². The fourth-order valence-corrected chi connectivity index (χ4v) is 4.36. The molecule has 0 bridgehead atoms. The number of aromatic hydroxyl groups is 1. The second-order valence-corrected chi connectivity index (χ2v) is 10.5. The lowest BCUT2D eigenvalue weighted by Crippen LogP contribution is -2.58. The number of thioether (sulfide) groups is 1. The van der Waals surface area contributed by atoms with Crippen LogP contribution < -0.4 is 27.4 Å². The van der Waals surface area contributed by atoms with Gasteiger partial charge in [-0.25, -0.2) is 4.79 Å². The highest BCUT2D eigenvalue weighted by atomic mass is 32.2. The number of primary amides is 1. The average Bonchev–Trinajstić information content (AvgIpc) is 2.94. The van der Waals surface area contributed by atoms with E-state index in [0.717, 1.165) is 0 Å². The summed E-state index contributed by atoms with van der Waals surface area (Å²) >= 11 is 1.45. The van der Waals surface area contributed by atoms with Crippen LogP contribution >= 0.6 is 11.8 Å². The largest absolute Gasteiger partial charge is 0.508 e. The van der Waals surface area contributed by atoms with Crippen molar-refractivity contribution in [1.82, 2.24) is 16.0 Å². The van der Waals surface area contributed by atoms with Gasteiger partial charge < -0.3 is 37.6 Å². The summed E-state index contributed by atoms with van der Waals surface area (Å²) in [5, 5.41) is 27.1. The molecule has 0 aliphatic carbocycles. The number of nitrogens with one attached hydrogen (secondary N) is 3. The van der Waals surface area contributed by atoms with Crippen molar-refractivity contribution in [3.63, 3.8) is 0 Å². The van der Waals surface area contributed by atoms with Crippen LogP contribution in [-0.2, 0) is 36.8 Å². The Kier molecular flexibility index (Phi) is 13.6. The Morgan fingerprint density at radius 1 is 0.780 bits per heavy atom. The summed E-state index contributed by atoms with van der Waals surface area (Å²) in [5.41, 5.74) is 12.3. The van der Waals surface area contributed by atoms with Crippen molar-refractivity contribution in [2.75, 3.05) is 12.0 Å². The number of carbonyl (C=O) groups excluding carboxylic acids is 4. The maximum Gasteiger partial charge on any atom is 0.326 e. The molecule has 0 aliphatic heterocycles. The topological polar surface area (TPSA) is 214 Å². The van der Waals surface area contributed by atoms with Crippen molar-refractivity contribution >= 4 is 41.4 Å². The number of hydrogen-bond acceptors (Lipinski definition) is 8. The lowest BCUT2D eigenvalue weighted by Gasteiger charge is -2.25. The molecular formula is C28H37N5O7S. The Labute approximate surface area is 242 Å². The highest BCUT2D eigenvalue weighted by Gasteiger charge is 2.30. The smallest absolute Gasteiger partial charge is 0.326 e. The Bertz CT molecular complexity index is 1180. The normalized spacial score (nSPS) is 13.7. The highest BCUT2D eigenvalue weighted by Crippen LogP contribution is 2.13. The van der Waals surface area contributed by atoms with Gasteiger partial charge in [-0.1, -0.05) is 42.5 Å². The van der Waals surface area contributed by atoms with E-state index in [0.29, 0.717) is 16.9 Å². The van der Waals surface area contributed by atoms with E-state index in [9.17, 15) is 34.2 Å². The van der Waals surface area contributed by atoms with Gasteiger partial charge in [0.1, 0.15) is 23.9 Å². The first-order valence-electron chi connectivity index (χ1n) is 13.0. The third-order valence-electron chi connectivity index (χ3n) is 6.19. The summed E-state index contributed by atoms with van der Waals surface area (Å²) in [5.74, 6) is -3.39. The molecule has 0 heterocycles. The summed E-state index contributed by atoms with van der Waals surface area (Å²) < 4.78 is 0. The van der Waals surface area contributed by atoms with Crippen LogP contribution in [0.2, 0.25) is 0 Å². The Balaban J connectivity index is 2.24. The number of carboxylic acids is 1.